The largest absolute Gasteiger partial charge is 0.482 e. The number of hydrogen-bond acceptors (Lipinski definition) is 13. The van der Waals surface area contributed by atoms with Crippen LogP contribution in [-0.4, -0.2) is 150 Å². The highest BCUT2D eigenvalue weighted by Crippen LogP contribution is 2.69. The van der Waals surface area contributed by atoms with Crippen molar-refractivity contribution in [2.24, 2.45) is 28.9 Å². The van der Waals surface area contributed by atoms with E-state index in [9.17, 15) is 43.5 Å². The number of benzene rings is 1. The third kappa shape index (κ3) is 11.8. The van der Waals surface area contributed by atoms with E-state index in [4.69, 9.17) is 15.2 Å². The van der Waals surface area contributed by atoms with Crippen LogP contribution in [0.3, 0.4) is 0 Å². The summed E-state index contributed by atoms with van der Waals surface area (Å²) in [6.07, 6.45) is 8.23. The van der Waals surface area contributed by atoms with Gasteiger partial charge in [0.2, 0.25) is 35.4 Å². The molecule has 388 valence electrons. The number of nitrogens with two attached hydrogens (primary N) is 1. The zero-order valence-electron chi connectivity index (χ0n) is 41.6. The number of Topliss-reactive ketones (excluding diaryl/α,β-unsaturated/α-hetero) is 1. The minimum atomic E-state index is -1.13. The smallest absolute Gasteiger partial charge is 0.415 e. The Balaban J connectivity index is 0.936. The van der Waals surface area contributed by atoms with Crippen LogP contribution in [0, 0.1) is 23.2 Å². The van der Waals surface area contributed by atoms with Crippen molar-refractivity contribution in [2.75, 3.05) is 39.8 Å². The third-order valence-corrected chi connectivity index (χ3v) is 15.4. The number of likely N-dealkylation sites (tertiary alicyclic amines) is 1. The van der Waals surface area contributed by atoms with E-state index in [1.165, 1.54) is 45.6 Å². The lowest BCUT2D eigenvalue weighted by atomic mass is 9.44. The minimum absolute atomic E-state index is 0.00490. The van der Waals surface area contributed by atoms with E-state index in [1.54, 1.807) is 13.0 Å². The molecule has 7 amide bonds. The van der Waals surface area contributed by atoms with Crippen LogP contribution < -0.4 is 37.6 Å². The van der Waals surface area contributed by atoms with Gasteiger partial charge in [-0.15, -0.1) is 0 Å². The number of carbonyl (C=O) groups excluding carboxylic acids is 8. The summed E-state index contributed by atoms with van der Waals surface area (Å²) in [6.45, 7) is 7.84. The minimum Gasteiger partial charge on any atom is -0.482 e. The fourth-order valence-corrected chi connectivity index (χ4v) is 11.4. The van der Waals surface area contributed by atoms with Crippen molar-refractivity contribution in [1.29, 1.82) is 0 Å². The normalized spacial score (nSPS) is 27.1. The van der Waals surface area contributed by atoms with Crippen LogP contribution in [0.4, 0.5) is 4.79 Å². The highest BCUT2D eigenvalue weighted by molar-refractivity contribution is 5.95. The summed E-state index contributed by atoms with van der Waals surface area (Å²) < 4.78 is 12.5. The Kier molecular flexibility index (Phi) is 16.9. The van der Waals surface area contributed by atoms with E-state index in [1.807, 2.05) is 36.4 Å². The van der Waals surface area contributed by atoms with Gasteiger partial charge in [-0.05, 0) is 108 Å². The number of aliphatic hydroxyl groups is 1. The first-order chi connectivity index (χ1) is 33.9. The van der Waals surface area contributed by atoms with Crippen molar-refractivity contribution >= 4 is 47.3 Å². The molecular weight excluding hydrogens is 915 g/mol. The molecule has 2 bridgehead atoms. The average molecular weight is 988 g/mol. The fraction of sp³-hybridized carbons (Fsp3) is 0.647. The predicted octanol–water partition coefficient (Wildman–Crippen LogP) is 0.817. The zero-order chi connectivity index (χ0) is 51.2. The van der Waals surface area contributed by atoms with Gasteiger partial charge in [0, 0.05) is 58.5 Å². The van der Waals surface area contributed by atoms with E-state index in [0.29, 0.717) is 50.2 Å². The Labute approximate surface area is 415 Å². The highest BCUT2D eigenvalue weighted by Gasteiger charge is 2.77. The zero-order valence-corrected chi connectivity index (χ0v) is 41.6. The third-order valence-electron chi connectivity index (χ3n) is 15.4. The van der Waals surface area contributed by atoms with Crippen LogP contribution >= 0.6 is 0 Å². The molecule has 9 N–H and O–H groups in total. The number of amides is 7. The molecule has 1 aromatic carbocycles. The van der Waals surface area contributed by atoms with Gasteiger partial charge in [0.1, 0.15) is 29.9 Å². The van der Waals surface area contributed by atoms with Gasteiger partial charge in [-0.25, -0.2) is 4.79 Å². The monoisotopic (exact) mass is 988 g/mol. The van der Waals surface area contributed by atoms with Gasteiger partial charge in [0.15, 0.2) is 17.6 Å². The van der Waals surface area contributed by atoms with Gasteiger partial charge in [-0.2, -0.15) is 0 Å². The van der Waals surface area contributed by atoms with Gasteiger partial charge in [0.25, 0.3) is 0 Å². The maximum absolute atomic E-state index is 13.8. The number of unbranched alkanes of at least 4 members (excludes halogenated alkanes) is 1. The van der Waals surface area contributed by atoms with Gasteiger partial charge in [0.05, 0.1) is 17.1 Å². The molecule has 1 spiro atoms. The second-order valence-corrected chi connectivity index (χ2v) is 20.4. The first-order valence-corrected chi connectivity index (χ1v) is 25.4. The number of nitrogens with one attached hydrogen (secondary N) is 6. The molecule has 2 aliphatic heterocycles. The number of piperidine rings is 1. The number of nitrogens with zero attached hydrogens (tertiary/aromatic N) is 2. The lowest BCUT2D eigenvalue weighted by molar-refractivity contribution is -0.244. The molecule has 71 heavy (non-hydrogen) atoms. The molecular formula is C51H73N9O11. The highest BCUT2D eigenvalue weighted by atomic mass is 16.6. The number of hydrogen-bond donors (Lipinski definition) is 8. The summed E-state index contributed by atoms with van der Waals surface area (Å²) in [7, 11) is 1.52. The van der Waals surface area contributed by atoms with Crippen LogP contribution in [0.5, 0.6) is 0 Å². The number of likely N-dealkylation sites (N-methyl/N-ethyl adjacent to an activating group) is 1. The van der Waals surface area contributed by atoms with Crippen LogP contribution in [0.25, 0.3) is 0 Å². The second-order valence-electron chi connectivity index (χ2n) is 20.4. The van der Waals surface area contributed by atoms with Gasteiger partial charge >= 0.3 is 6.09 Å². The Morgan fingerprint density at radius 1 is 0.901 bits per heavy atom. The molecule has 11 atom stereocenters. The summed E-state index contributed by atoms with van der Waals surface area (Å²) in [5.41, 5.74) is 5.14. The number of carbonyl (C=O) groups is 8. The summed E-state index contributed by atoms with van der Waals surface area (Å²) in [5.74, 6) is -2.23. The maximum atomic E-state index is 13.8. The number of rotatable bonds is 23. The molecule has 6 aliphatic rings. The lowest BCUT2D eigenvalue weighted by Gasteiger charge is -2.65. The molecule has 2 saturated heterocycles. The summed E-state index contributed by atoms with van der Waals surface area (Å²) >= 11 is 0. The molecule has 7 rings (SSSR count). The molecule has 0 aromatic heterocycles. The Morgan fingerprint density at radius 2 is 1.59 bits per heavy atom. The molecule has 2 heterocycles. The Bertz CT molecular complexity index is 2260. The molecule has 1 aromatic rings. The van der Waals surface area contributed by atoms with E-state index < -0.39 is 83.0 Å². The van der Waals surface area contributed by atoms with E-state index in [2.05, 4.69) is 36.8 Å². The van der Waals surface area contributed by atoms with Gasteiger partial charge in [-0.1, -0.05) is 43.3 Å². The number of ether oxygens (including phenoxy) is 2. The second kappa shape index (κ2) is 22.7. The van der Waals surface area contributed by atoms with Crippen LogP contribution in [0.1, 0.15) is 97.5 Å². The molecule has 20 nitrogen and oxygen atoms in total. The van der Waals surface area contributed by atoms with Crippen molar-refractivity contribution in [3.05, 3.63) is 59.6 Å². The average Bonchev–Trinajstić information content (AvgIpc) is 4.09. The first kappa shape index (κ1) is 53.0. The van der Waals surface area contributed by atoms with Crippen molar-refractivity contribution < 1.29 is 52.9 Å². The Morgan fingerprint density at radius 3 is 2.28 bits per heavy atom. The number of allylic oxidation sites excluding steroid dienone is 3. The molecule has 20 heteroatoms. The molecule has 3 saturated carbocycles. The molecule has 5 fully saturated rings. The SMILES string of the molecule is CCC(NC(C)=O)C(=O)NC(C)C(=O)NC(C)C(=O)NC(CCCCNC(=O)C(N)Cc1ccccc1)C(=O)NCCN(C)C(=O)OC1=C2O[C@H]3C(=O)CCC4(O)C5CC(C=C1)C2C34CCN5CC1CC1. The van der Waals surface area contributed by atoms with Crippen LogP contribution in [0.2, 0.25) is 0 Å². The first-order valence-electron chi connectivity index (χ1n) is 25.4. The topological polar surface area (TPSA) is 280 Å². The van der Waals surface area contributed by atoms with E-state index in [-0.39, 0.29) is 67.8 Å². The lowest BCUT2D eigenvalue weighted by Crippen LogP contribution is -2.76. The van der Waals surface area contributed by atoms with Crippen molar-refractivity contribution in [3.63, 3.8) is 0 Å². The maximum Gasteiger partial charge on any atom is 0.415 e. The van der Waals surface area contributed by atoms with Crippen molar-refractivity contribution in [1.82, 2.24) is 41.7 Å². The number of ketones is 1. The van der Waals surface area contributed by atoms with Crippen LogP contribution in [0.15, 0.2) is 54.0 Å². The summed E-state index contributed by atoms with van der Waals surface area (Å²) in [5, 5.41) is 28.6. The van der Waals surface area contributed by atoms with E-state index in [0.717, 1.165) is 25.1 Å². The van der Waals surface area contributed by atoms with Crippen molar-refractivity contribution in [2.45, 2.75) is 146 Å². The fourth-order valence-electron chi connectivity index (χ4n) is 11.4. The summed E-state index contributed by atoms with van der Waals surface area (Å²) in [4.78, 5) is 108. The van der Waals surface area contributed by atoms with Gasteiger partial charge in [-0.3, -0.25) is 38.5 Å². The van der Waals surface area contributed by atoms with E-state index >= 15 is 0 Å². The van der Waals surface area contributed by atoms with Crippen molar-refractivity contribution in [3.8, 4) is 0 Å². The van der Waals surface area contributed by atoms with Crippen LogP contribution in [-0.2, 0) is 49.5 Å². The molecule has 10 unspecified atom stereocenters. The predicted molar refractivity (Wildman–Crippen MR) is 259 cm³/mol. The quantitative estimate of drug-likeness (QED) is 0.0707. The Hall–Kier alpha value is -5.86. The van der Waals surface area contributed by atoms with Gasteiger partial charge < -0.3 is 57.1 Å². The molecule has 4 aliphatic carbocycles. The summed E-state index contributed by atoms with van der Waals surface area (Å²) in [6, 6.07) is 4.45. The molecule has 0 radical (unpaired) electrons. The standard InChI is InChI=1S/C51H73N9O11/c1-6-36(57-31(4)61)48(67)56-29(2)44(63)55-30(3)45(64)58-37(14-10-11-22-53-46(65)35(52)26-32-12-8-7-9-13-32)47(66)54-23-25-59(5)49(68)70-39-18-17-34-27-40-51(69)20-19-38(62)43-50(51,41(34)42(39)71-43)21-24-60(40)28-33-15-16-33/h7-9,12-13,17-18,29-30,33-37,40-41,43,69H,6,10-11,14-16,19-28,52H2,1-5H3,(H,53,65)(H,54,66)(H,55,63)(H,56,67)(H,57,61)(H,58,64)/t29?,30?,34?,35?,36?,37?,40?,41?,43-,50?,51?/m0/s1.